The first kappa shape index (κ1) is 64.4. The number of carbonyl (C=O) groups excluding carboxylic acids is 3. The molecule has 0 unspecified atom stereocenters. The molecule has 1 atom stereocenters. The minimum atomic E-state index is -0.780. The van der Waals surface area contributed by atoms with Crippen molar-refractivity contribution in [2.45, 2.75) is 309 Å². The average Bonchev–Trinajstić information content (AvgIpc) is 3.33. The van der Waals surface area contributed by atoms with Gasteiger partial charge < -0.3 is 14.2 Å². The summed E-state index contributed by atoms with van der Waals surface area (Å²) in [6.45, 7) is 6.61. The van der Waals surface area contributed by atoms with Crippen LogP contribution in [0.25, 0.3) is 0 Å². The molecule has 0 saturated heterocycles. The van der Waals surface area contributed by atoms with Gasteiger partial charge in [-0.15, -0.1) is 0 Å². The summed E-state index contributed by atoms with van der Waals surface area (Å²) < 4.78 is 16.9. The van der Waals surface area contributed by atoms with Crippen LogP contribution < -0.4 is 0 Å². The zero-order chi connectivity index (χ0) is 48.6. The fourth-order valence-electron chi connectivity index (χ4n) is 8.39. The van der Waals surface area contributed by atoms with Gasteiger partial charge >= 0.3 is 17.9 Å². The Labute approximate surface area is 416 Å². The number of carbonyl (C=O) groups is 3. The SMILES string of the molecule is CCCCC/C=C\C/C=C\CCCCCCCCCCCC(=O)OC[C@@H](COC(=O)CCCCCCCCCCCCCCCCC)OC(=O)CCCCCCC/C=C\C/C=C\CCCCC. The molecule has 0 rings (SSSR count). The van der Waals surface area contributed by atoms with Crippen molar-refractivity contribution < 1.29 is 28.6 Å². The lowest BCUT2D eigenvalue weighted by molar-refractivity contribution is -0.167. The summed E-state index contributed by atoms with van der Waals surface area (Å²) in [5.41, 5.74) is 0. The molecule has 0 aromatic carbocycles. The van der Waals surface area contributed by atoms with Gasteiger partial charge in [0.2, 0.25) is 0 Å². The van der Waals surface area contributed by atoms with Gasteiger partial charge in [0.05, 0.1) is 0 Å². The van der Waals surface area contributed by atoms with E-state index in [4.69, 9.17) is 14.2 Å². The maximum atomic E-state index is 12.8. The molecule has 0 heterocycles. The number of hydrogen-bond acceptors (Lipinski definition) is 6. The van der Waals surface area contributed by atoms with Gasteiger partial charge in [-0.3, -0.25) is 14.4 Å². The molecule has 0 aliphatic carbocycles. The molecule has 0 aromatic rings. The van der Waals surface area contributed by atoms with E-state index in [1.165, 1.54) is 173 Å². The third-order valence-corrected chi connectivity index (χ3v) is 12.8. The van der Waals surface area contributed by atoms with Crippen LogP contribution in [-0.4, -0.2) is 37.2 Å². The van der Waals surface area contributed by atoms with Crippen LogP contribution >= 0.6 is 0 Å². The lowest BCUT2D eigenvalue weighted by Gasteiger charge is -2.18. The summed E-state index contributed by atoms with van der Waals surface area (Å²) >= 11 is 0. The largest absolute Gasteiger partial charge is 0.462 e. The van der Waals surface area contributed by atoms with E-state index in [1.807, 2.05) is 0 Å². The Kier molecular flexibility index (Phi) is 53.8. The van der Waals surface area contributed by atoms with E-state index in [-0.39, 0.29) is 31.1 Å². The summed E-state index contributed by atoms with van der Waals surface area (Å²) in [7, 11) is 0. The van der Waals surface area contributed by atoms with Crippen LogP contribution in [0.4, 0.5) is 0 Å². The lowest BCUT2D eigenvalue weighted by Crippen LogP contribution is -2.30. The highest BCUT2D eigenvalue weighted by Crippen LogP contribution is 2.16. The maximum absolute atomic E-state index is 12.8. The van der Waals surface area contributed by atoms with Crippen LogP contribution in [0.1, 0.15) is 303 Å². The Hall–Kier alpha value is -2.63. The fourth-order valence-corrected chi connectivity index (χ4v) is 8.39. The highest BCUT2D eigenvalue weighted by molar-refractivity contribution is 5.71. The highest BCUT2D eigenvalue weighted by Gasteiger charge is 2.19. The molecule has 67 heavy (non-hydrogen) atoms. The zero-order valence-electron chi connectivity index (χ0n) is 44.7. The highest BCUT2D eigenvalue weighted by atomic mass is 16.6. The summed E-state index contributed by atoms with van der Waals surface area (Å²) in [6, 6.07) is 0. The first-order chi connectivity index (χ1) is 33.0. The quantitative estimate of drug-likeness (QED) is 0.0262. The summed E-state index contributed by atoms with van der Waals surface area (Å²) in [4.78, 5) is 38.2. The van der Waals surface area contributed by atoms with Gasteiger partial charge in [0, 0.05) is 19.3 Å². The lowest BCUT2D eigenvalue weighted by atomic mass is 10.0. The van der Waals surface area contributed by atoms with E-state index in [1.54, 1.807) is 0 Å². The topological polar surface area (TPSA) is 78.9 Å². The van der Waals surface area contributed by atoms with Gasteiger partial charge in [0.25, 0.3) is 0 Å². The first-order valence-electron chi connectivity index (χ1n) is 29.1. The van der Waals surface area contributed by atoms with Crippen molar-refractivity contribution in [2.75, 3.05) is 13.2 Å². The number of rotatable bonds is 53. The van der Waals surface area contributed by atoms with Gasteiger partial charge in [0.1, 0.15) is 13.2 Å². The van der Waals surface area contributed by atoms with Crippen molar-refractivity contribution in [3.8, 4) is 0 Å². The molecule has 0 fully saturated rings. The van der Waals surface area contributed by atoms with Crippen molar-refractivity contribution in [3.63, 3.8) is 0 Å². The Morgan fingerprint density at radius 3 is 0.851 bits per heavy atom. The van der Waals surface area contributed by atoms with Gasteiger partial charge in [-0.2, -0.15) is 0 Å². The van der Waals surface area contributed by atoms with Gasteiger partial charge in [-0.1, -0.05) is 249 Å². The van der Waals surface area contributed by atoms with E-state index < -0.39 is 6.10 Å². The standard InChI is InChI=1S/C61H110O6/c1-4-7-10-13-16-19-22-25-28-29-30-31-34-36-39-42-45-48-51-54-60(63)66-57-58(67-61(64)55-52-49-46-43-40-37-33-27-24-21-18-15-12-9-6-3)56-65-59(62)53-50-47-44-41-38-35-32-26-23-20-17-14-11-8-5-2/h16,18-19,21,25,27-28,33,58H,4-15,17,20,22-24,26,29-32,34-57H2,1-3H3/b19-16-,21-18-,28-25-,33-27-/t58-/m1/s1. The Morgan fingerprint density at radius 2 is 0.537 bits per heavy atom. The molecule has 0 aliphatic rings. The van der Waals surface area contributed by atoms with E-state index >= 15 is 0 Å². The van der Waals surface area contributed by atoms with Crippen molar-refractivity contribution in [2.24, 2.45) is 0 Å². The minimum Gasteiger partial charge on any atom is -0.462 e. The molecule has 6 nitrogen and oxygen atoms in total. The summed E-state index contributed by atoms with van der Waals surface area (Å²) in [5, 5.41) is 0. The second kappa shape index (κ2) is 56.0. The number of allylic oxidation sites excluding steroid dienone is 8. The fraction of sp³-hybridized carbons (Fsp3) is 0.820. The van der Waals surface area contributed by atoms with Crippen molar-refractivity contribution in [1.29, 1.82) is 0 Å². The zero-order valence-corrected chi connectivity index (χ0v) is 44.7. The van der Waals surface area contributed by atoms with Crippen LogP contribution in [0.3, 0.4) is 0 Å². The molecule has 0 N–H and O–H groups in total. The number of ether oxygens (including phenoxy) is 3. The molecule has 0 radical (unpaired) electrons. The molecular weight excluding hydrogens is 829 g/mol. The number of unbranched alkanes of at least 4 members (excludes halogenated alkanes) is 34. The second-order valence-electron chi connectivity index (χ2n) is 19.6. The molecule has 0 amide bonds. The normalized spacial score (nSPS) is 12.3. The molecule has 0 aromatic heterocycles. The third-order valence-electron chi connectivity index (χ3n) is 12.8. The summed E-state index contributed by atoms with van der Waals surface area (Å²) in [5.74, 6) is -0.880. The van der Waals surface area contributed by atoms with Gasteiger partial charge in [0.15, 0.2) is 6.10 Å². The molecule has 0 saturated carbocycles. The van der Waals surface area contributed by atoms with Crippen LogP contribution in [0.5, 0.6) is 0 Å². The van der Waals surface area contributed by atoms with E-state index in [9.17, 15) is 14.4 Å². The van der Waals surface area contributed by atoms with Crippen molar-refractivity contribution in [3.05, 3.63) is 48.6 Å². The molecular formula is C61H110O6. The molecule has 6 heteroatoms. The van der Waals surface area contributed by atoms with Crippen molar-refractivity contribution >= 4 is 17.9 Å². The predicted molar refractivity (Wildman–Crippen MR) is 289 cm³/mol. The van der Waals surface area contributed by atoms with E-state index in [0.29, 0.717) is 19.3 Å². The average molecular weight is 940 g/mol. The Morgan fingerprint density at radius 1 is 0.299 bits per heavy atom. The van der Waals surface area contributed by atoms with E-state index in [0.717, 1.165) is 89.9 Å². The monoisotopic (exact) mass is 939 g/mol. The molecule has 0 bridgehead atoms. The maximum Gasteiger partial charge on any atom is 0.306 e. The van der Waals surface area contributed by atoms with Crippen LogP contribution in [0.2, 0.25) is 0 Å². The van der Waals surface area contributed by atoms with E-state index in [2.05, 4.69) is 69.4 Å². The number of hydrogen-bond donors (Lipinski definition) is 0. The third kappa shape index (κ3) is 54.2. The Balaban J connectivity index is 4.36. The molecule has 390 valence electrons. The second-order valence-corrected chi connectivity index (χ2v) is 19.6. The van der Waals surface area contributed by atoms with Crippen molar-refractivity contribution in [1.82, 2.24) is 0 Å². The summed E-state index contributed by atoms with van der Waals surface area (Å²) in [6.07, 6.45) is 68.1. The van der Waals surface area contributed by atoms with Crippen LogP contribution in [-0.2, 0) is 28.6 Å². The van der Waals surface area contributed by atoms with Gasteiger partial charge in [-0.05, 0) is 83.5 Å². The smallest absolute Gasteiger partial charge is 0.306 e. The number of esters is 3. The van der Waals surface area contributed by atoms with Crippen LogP contribution in [0.15, 0.2) is 48.6 Å². The molecule has 0 aliphatic heterocycles. The van der Waals surface area contributed by atoms with Crippen LogP contribution in [0, 0.1) is 0 Å². The Bertz CT molecular complexity index is 1170. The minimum absolute atomic E-state index is 0.0771. The van der Waals surface area contributed by atoms with Gasteiger partial charge in [-0.25, -0.2) is 0 Å². The first-order valence-corrected chi connectivity index (χ1v) is 29.1. The predicted octanol–water partition coefficient (Wildman–Crippen LogP) is 19.4. The molecule has 0 spiro atoms.